The van der Waals surface area contributed by atoms with Gasteiger partial charge in [0.1, 0.15) is 11.6 Å². The molecule has 1 aromatic rings. The van der Waals surface area contributed by atoms with Gasteiger partial charge in [-0.05, 0) is 38.1 Å². The van der Waals surface area contributed by atoms with E-state index in [0.29, 0.717) is 0 Å². The molecular formula is C13H16FNO5. The highest BCUT2D eigenvalue weighted by Crippen LogP contribution is 2.13. The molecule has 0 aliphatic carbocycles. The van der Waals surface area contributed by atoms with Gasteiger partial charge >= 0.3 is 5.97 Å². The van der Waals surface area contributed by atoms with Gasteiger partial charge in [0.05, 0.1) is 6.10 Å². The van der Waals surface area contributed by atoms with E-state index in [-0.39, 0.29) is 5.75 Å². The van der Waals surface area contributed by atoms with Crippen LogP contribution >= 0.6 is 0 Å². The second kappa shape index (κ2) is 6.85. The van der Waals surface area contributed by atoms with Gasteiger partial charge in [0.25, 0.3) is 5.91 Å². The minimum absolute atomic E-state index is 0.276. The zero-order valence-corrected chi connectivity index (χ0v) is 11.0. The minimum atomic E-state index is -1.42. The summed E-state index contributed by atoms with van der Waals surface area (Å²) in [6, 6.07) is 3.64. The summed E-state index contributed by atoms with van der Waals surface area (Å²) in [5, 5.41) is 20.3. The van der Waals surface area contributed by atoms with Crippen molar-refractivity contribution >= 4 is 11.9 Å². The molecule has 0 aliphatic heterocycles. The number of ether oxygens (including phenoxy) is 1. The highest BCUT2D eigenvalue weighted by atomic mass is 19.1. The van der Waals surface area contributed by atoms with E-state index in [1.165, 1.54) is 38.1 Å². The normalized spacial score (nSPS) is 15.0. The van der Waals surface area contributed by atoms with Crippen LogP contribution in [0.1, 0.15) is 13.8 Å². The summed E-state index contributed by atoms with van der Waals surface area (Å²) in [6.07, 6.45) is -2.23. The number of nitrogens with one attached hydrogen (secondary N) is 1. The Balaban J connectivity index is 2.62. The number of amides is 1. The number of carboxylic acid groups (broad SMARTS) is 1. The molecule has 3 atom stereocenters. The Morgan fingerprint density at radius 2 is 1.80 bits per heavy atom. The van der Waals surface area contributed by atoms with Crippen LogP contribution in [0.2, 0.25) is 0 Å². The first-order chi connectivity index (χ1) is 9.31. The summed E-state index contributed by atoms with van der Waals surface area (Å²) in [5.74, 6) is -2.20. The van der Waals surface area contributed by atoms with Gasteiger partial charge in [0, 0.05) is 0 Å². The second-order valence-electron chi connectivity index (χ2n) is 4.28. The van der Waals surface area contributed by atoms with Gasteiger partial charge in [-0.3, -0.25) is 4.79 Å². The lowest BCUT2D eigenvalue weighted by atomic mass is 10.2. The molecule has 0 heterocycles. The van der Waals surface area contributed by atoms with Crippen LogP contribution < -0.4 is 10.1 Å². The molecule has 0 saturated carbocycles. The second-order valence-corrected chi connectivity index (χ2v) is 4.28. The number of benzene rings is 1. The SMILES string of the molecule is CC(Oc1ccc(F)cc1)C(=O)NC(C(=O)O)C(C)O. The first kappa shape index (κ1) is 15.9. The number of carbonyl (C=O) groups is 2. The fourth-order valence-electron chi connectivity index (χ4n) is 1.43. The van der Waals surface area contributed by atoms with E-state index >= 15 is 0 Å². The number of aliphatic hydroxyl groups is 1. The van der Waals surface area contributed by atoms with E-state index in [9.17, 15) is 19.1 Å². The Morgan fingerprint density at radius 3 is 2.25 bits per heavy atom. The Bertz CT molecular complexity index is 474. The lowest BCUT2D eigenvalue weighted by molar-refractivity contribution is -0.145. The van der Waals surface area contributed by atoms with Crippen molar-refractivity contribution in [3.05, 3.63) is 30.1 Å². The first-order valence-corrected chi connectivity index (χ1v) is 5.94. The third kappa shape index (κ3) is 4.51. The van der Waals surface area contributed by atoms with E-state index in [1.54, 1.807) is 0 Å². The summed E-state index contributed by atoms with van der Waals surface area (Å²) in [6.45, 7) is 2.67. The summed E-state index contributed by atoms with van der Waals surface area (Å²) in [4.78, 5) is 22.6. The van der Waals surface area contributed by atoms with Crippen LogP contribution in [0.5, 0.6) is 5.75 Å². The van der Waals surface area contributed by atoms with E-state index < -0.39 is 35.9 Å². The monoisotopic (exact) mass is 285 g/mol. The number of carbonyl (C=O) groups excluding carboxylic acids is 1. The van der Waals surface area contributed by atoms with E-state index in [1.807, 2.05) is 0 Å². The number of aliphatic carboxylic acids is 1. The van der Waals surface area contributed by atoms with E-state index in [4.69, 9.17) is 9.84 Å². The first-order valence-electron chi connectivity index (χ1n) is 5.94. The zero-order valence-electron chi connectivity index (χ0n) is 11.0. The van der Waals surface area contributed by atoms with Crippen molar-refractivity contribution in [1.29, 1.82) is 0 Å². The highest BCUT2D eigenvalue weighted by molar-refractivity contribution is 5.86. The Morgan fingerprint density at radius 1 is 1.25 bits per heavy atom. The molecule has 0 radical (unpaired) electrons. The molecule has 0 saturated heterocycles. The maximum atomic E-state index is 12.7. The van der Waals surface area contributed by atoms with Crippen LogP contribution in [0, 0.1) is 5.82 Å². The van der Waals surface area contributed by atoms with Crippen LogP contribution in [-0.4, -0.2) is 40.3 Å². The molecule has 0 spiro atoms. The van der Waals surface area contributed by atoms with Gasteiger partial charge in [-0.25, -0.2) is 9.18 Å². The van der Waals surface area contributed by atoms with Crippen LogP contribution in [0.4, 0.5) is 4.39 Å². The average molecular weight is 285 g/mol. The molecule has 20 heavy (non-hydrogen) atoms. The third-order valence-corrected chi connectivity index (χ3v) is 2.54. The van der Waals surface area contributed by atoms with Gasteiger partial charge in [-0.15, -0.1) is 0 Å². The van der Waals surface area contributed by atoms with Gasteiger partial charge in [-0.2, -0.15) is 0 Å². The van der Waals surface area contributed by atoms with E-state index in [2.05, 4.69) is 5.32 Å². The molecule has 0 aromatic heterocycles. The molecule has 7 heteroatoms. The third-order valence-electron chi connectivity index (χ3n) is 2.54. The number of carboxylic acids is 1. The lowest BCUT2D eigenvalue weighted by Gasteiger charge is -2.20. The van der Waals surface area contributed by atoms with Gasteiger partial charge < -0.3 is 20.3 Å². The number of aliphatic hydroxyl groups excluding tert-OH is 1. The summed E-state index contributed by atoms with van der Waals surface area (Å²) >= 11 is 0. The lowest BCUT2D eigenvalue weighted by Crippen LogP contribution is -2.51. The molecule has 6 nitrogen and oxygen atoms in total. The number of hydrogen-bond donors (Lipinski definition) is 3. The van der Waals surface area contributed by atoms with Crippen molar-refractivity contribution in [3.63, 3.8) is 0 Å². The Labute approximate surface area is 115 Å². The van der Waals surface area contributed by atoms with Gasteiger partial charge in [-0.1, -0.05) is 0 Å². The molecular weight excluding hydrogens is 269 g/mol. The molecule has 0 fully saturated rings. The summed E-state index contributed by atoms with van der Waals surface area (Å²) in [5.41, 5.74) is 0. The zero-order chi connectivity index (χ0) is 15.3. The quantitative estimate of drug-likeness (QED) is 0.709. The van der Waals surface area contributed by atoms with Crippen molar-refractivity contribution in [2.75, 3.05) is 0 Å². The molecule has 3 N–H and O–H groups in total. The Kier molecular flexibility index (Phi) is 5.45. The standard InChI is InChI=1S/C13H16FNO5/c1-7(16)11(13(18)19)15-12(17)8(2)20-10-5-3-9(14)4-6-10/h3-8,11,16H,1-2H3,(H,15,17)(H,18,19). The highest BCUT2D eigenvalue weighted by Gasteiger charge is 2.27. The summed E-state index contributed by atoms with van der Waals surface area (Å²) in [7, 11) is 0. The number of halogens is 1. The van der Waals surface area contributed by atoms with Crippen molar-refractivity contribution in [2.24, 2.45) is 0 Å². The maximum Gasteiger partial charge on any atom is 0.328 e. The van der Waals surface area contributed by atoms with Gasteiger partial charge in [0.15, 0.2) is 12.1 Å². The van der Waals surface area contributed by atoms with Crippen LogP contribution in [0.25, 0.3) is 0 Å². The van der Waals surface area contributed by atoms with Crippen LogP contribution in [-0.2, 0) is 9.59 Å². The predicted octanol–water partition coefficient (Wildman–Crippen LogP) is 0.543. The molecule has 0 aliphatic rings. The van der Waals surface area contributed by atoms with Crippen molar-refractivity contribution in [1.82, 2.24) is 5.32 Å². The van der Waals surface area contributed by atoms with Gasteiger partial charge in [0.2, 0.25) is 0 Å². The largest absolute Gasteiger partial charge is 0.481 e. The smallest absolute Gasteiger partial charge is 0.328 e. The maximum absolute atomic E-state index is 12.7. The molecule has 1 rings (SSSR count). The Hall–Kier alpha value is -2.15. The van der Waals surface area contributed by atoms with Crippen LogP contribution in [0.15, 0.2) is 24.3 Å². The van der Waals surface area contributed by atoms with Crippen LogP contribution in [0.3, 0.4) is 0 Å². The van der Waals surface area contributed by atoms with Crippen molar-refractivity contribution in [2.45, 2.75) is 32.1 Å². The fraction of sp³-hybridized carbons (Fsp3) is 0.385. The topological polar surface area (TPSA) is 95.9 Å². The summed E-state index contributed by atoms with van der Waals surface area (Å²) < 4.78 is 17.9. The minimum Gasteiger partial charge on any atom is -0.481 e. The average Bonchev–Trinajstić information content (AvgIpc) is 2.37. The molecule has 3 unspecified atom stereocenters. The molecule has 1 amide bonds. The number of rotatable bonds is 6. The molecule has 0 bridgehead atoms. The molecule has 1 aromatic carbocycles. The molecule has 110 valence electrons. The fourth-order valence-corrected chi connectivity index (χ4v) is 1.43. The van der Waals surface area contributed by atoms with Crippen molar-refractivity contribution < 1.29 is 28.9 Å². The number of hydrogen-bond acceptors (Lipinski definition) is 4. The predicted molar refractivity (Wildman–Crippen MR) is 67.7 cm³/mol. The van der Waals surface area contributed by atoms with Crippen molar-refractivity contribution in [3.8, 4) is 5.75 Å². The van der Waals surface area contributed by atoms with E-state index in [0.717, 1.165) is 0 Å².